The Balaban J connectivity index is 2.50. The molecule has 0 amide bonds. The number of carbonyl (C=O) groups is 1. The van der Waals surface area contributed by atoms with Gasteiger partial charge in [0.25, 0.3) is 0 Å². The summed E-state index contributed by atoms with van der Waals surface area (Å²) < 4.78 is 0. The second-order valence-electron chi connectivity index (χ2n) is 3.09. The molecule has 0 atom stereocenters. The average molecular weight is 198 g/mol. The van der Waals surface area contributed by atoms with Gasteiger partial charge in [0.05, 0.1) is 17.5 Å². The molecule has 0 saturated heterocycles. The predicted molar refractivity (Wildman–Crippen MR) is 58.6 cm³/mol. The van der Waals surface area contributed by atoms with Crippen molar-refractivity contribution in [1.82, 2.24) is 10.2 Å². The summed E-state index contributed by atoms with van der Waals surface area (Å²) in [6.07, 6.45) is 2.81. The van der Waals surface area contributed by atoms with Crippen molar-refractivity contribution in [2.24, 2.45) is 0 Å². The Bertz CT molecular complexity index is 485. The highest BCUT2D eigenvalue weighted by Gasteiger charge is 2.11. The molecule has 3 nitrogen and oxygen atoms in total. The van der Waals surface area contributed by atoms with Crippen molar-refractivity contribution in [2.45, 2.75) is 0 Å². The molecule has 15 heavy (non-hydrogen) atoms. The highest BCUT2D eigenvalue weighted by molar-refractivity contribution is 6.08. The summed E-state index contributed by atoms with van der Waals surface area (Å²) in [5, 5.41) is 6.69. The number of carbonyl (C=O) groups excluding carboxylic acids is 1. The van der Waals surface area contributed by atoms with E-state index in [0.717, 1.165) is 11.3 Å². The summed E-state index contributed by atoms with van der Waals surface area (Å²) in [6.45, 7) is 3.46. The lowest BCUT2D eigenvalue weighted by Crippen LogP contribution is -1.94. The van der Waals surface area contributed by atoms with Crippen molar-refractivity contribution < 1.29 is 4.79 Å². The normalized spacial score (nSPS) is 9.87. The van der Waals surface area contributed by atoms with Gasteiger partial charge in [-0.3, -0.25) is 9.89 Å². The first-order chi connectivity index (χ1) is 7.33. The molecule has 2 rings (SSSR count). The fourth-order valence-electron chi connectivity index (χ4n) is 1.41. The van der Waals surface area contributed by atoms with Gasteiger partial charge in [0, 0.05) is 5.56 Å². The van der Waals surface area contributed by atoms with Crippen molar-refractivity contribution >= 4 is 5.78 Å². The topological polar surface area (TPSA) is 45.8 Å². The fraction of sp³-hybridized carbons (Fsp3) is 0. The Kier molecular flexibility index (Phi) is 2.46. The minimum Gasteiger partial charge on any atom is -0.289 e. The molecule has 2 aromatic rings. The molecule has 0 bridgehead atoms. The van der Waals surface area contributed by atoms with Gasteiger partial charge in [-0.05, 0) is 6.08 Å². The van der Waals surface area contributed by atoms with Crippen LogP contribution in [0, 0.1) is 0 Å². The third kappa shape index (κ3) is 1.72. The summed E-state index contributed by atoms with van der Waals surface area (Å²) >= 11 is 0. The first-order valence-electron chi connectivity index (χ1n) is 4.58. The van der Waals surface area contributed by atoms with Crippen LogP contribution in [0.25, 0.3) is 11.3 Å². The molecule has 0 aliphatic carbocycles. The van der Waals surface area contributed by atoms with Gasteiger partial charge in [0.1, 0.15) is 0 Å². The SMILES string of the molecule is C=CC(=O)c1cn[nH]c1-c1ccccc1. The Morgan fingerprint density at radius 2 is 2.07 bits per heavy atom. The minimum absolute atomic E-state index is 0.123. The molecule has 0 fully saturated rings. The van der Waals surface area contributed by atoms with E-state index in [0.29, 0.717) is 5.56 Å². The van der Waals surface area contributed by atoms with Crippen LogP contribution in [-0.2, 0) is 0 Å². The first kappa shape index (κ1) is 9.40. The van der Waals surface area contributed by atoms with Crippen molar-refractivity contribution in [1.29, 1.82) is 0 Å². The van der Waals surface area contributed by atoms with E-state index in [-0.39, 0.29) is 5.78 Å². The monoisotopic (exact) mass is 198 g/mol. The number of aromatic nitrogens is 2. The number of rotatable bonds is 3. The molecule has 0 aliphatic heterocycles. The van der Waals surface area contributed by atoms with E-state index in [1.165, 1.54) is 12.3 Å². The molecule has 0 saturated carbocycles. The summed E-state index contributed by atoms with van der Waals surface area (Å²) in [7, 11) is 0. The molecular formula is C12H10N2O. The van der Waals surface area contributed by atoms with Crippen LogP contribution in [0.1, 0.15) is 10.4 Å². The van der Waals surface area contributed by atoms with Gasteiger partial charge in [-0.1, -0.05) is 36.9 Å². The van der Waals surface area contributed by atoms with Crippen LogP contribution in [-0.4, -0.2) is 16.0 Å². The Labute approximate surface area is 87.5 Å². The number of nitrogens with one attached hydrogen (secondary N) is 1. The molecule has 0 radical (unpaired) electrons. The zero-order valence-corrected chi connectivity index (χ0v) is 8.10. The Hall–Kier alpha value is -2.16. The molecule has 0 spiro atoms. The minimum atomic E-state index is -0.123. The van der Waals surface area contributed by atoms with Crippen LogP contribution in [0.2, 0.25) is 0 Å². The molecule has 0 aliphatic rings. The van der Waals surface area contributed by atoms with E-state index in [1.807, 2.05) is 30.3 Å². The molecule has 1 heterocycles. The summed E-state index contributed by atoms with van der Waals surface area (Å²) in [4.78, 5) is 11.5. The van der Waals surface area contributed by atoms with E-state index < -0.39 is 0 Å². The van der Waals surface area contributed by atoms with Crippen LogP contribution in [0.4, 0.5) is 0 Å². The third-order valence-electron chi connectivity index (χ3n) is 2.15. The van der Waals surface area contributed by atoms with E-state index in [4.69, 9.17) is 0 Å². The number of hydrogen-bond acceptors (Lipinski definition) is 2. The highest BCUT2D eigenvalue weighted by atomic mass is 16.1. The van der Waals surface area contributed by atoms with Crippen LogP contribution < -0.4 is 0 Å². The summed E-state index contributed by atoms with van der Waals surface area (Å²) in [6, 6.07) is 9.60. The van der Waals surface area contributed by atoms with Crippen LogP contribution in [0.3, 0.4) is 0 Å². The molecule has 1 aromatic carbocycles. The van der Waals surface area contributed by atoms with Gasteiger partial charge in [0.2, 0.25) is 0 Å². The zero-order chi connectivity index (χ0) is 10.7. The number of hydrogen-bond donors (Lipinski definition) is 1. The van der Waals surface area contributed by atoms with Gasteiger partial charge < -0.3 is 0 Å². The lowest BCUT2D eigenvalue weighted by molar-refractivity contribution is 0.104. The van der Waals surface area contributed by atoms with Crippen molar-refractivity contribution in [3.63, 3.8) is 0 Å². The van der Waals surface area contributed by atoms with Crippen molar-refractivity contribution in [3.05, 3.63) is 54.7 Å². The maximum Gasteiger partial charge on any atom is 0.189 e. The van der Waals surface area contributed by atoms with E-state index >= 15 is 0 Å². The number of aromatic amines is 1. The van der Waals surface area contributed by atoms with E-state index in [1.54, 1.807) is 0 Å². The Morgan fingerprint density at radius 3 is 2.73 bits per heavy atom. The highest BCUT2D eigenvalue weighted by Crippen LogP contribution is 2.20. The quantitative estimate of drug-likeness (QED) is 0.608. The maximum atomic E-state index is 11.5. The smallest absolute Gasteiger partial charge is 0.189 e. The second kappa shape index (κ2) is 3.92. The van der Waals surface area contributed by atoms with Crippen LogP contribution >= 0.6 is 0 Å². The van der Waals surface area contributed by atoms with Crippen molar-refractivity contribution in [3.8, 4) is 11.3 Å². The number of H-pyrrole nitrogens is 1. The van der Waals surface area contributed by atoms with Crippen molar-refractivity contribution in [2.75, 3.05) is 0 Å². The maximum absolute atomic E-state index is 11.5. The number of ketones is 1. The van der Waals surface area contributed by atoms with E-state index in [2.05, 4.69) is 16.8 Å². The predicted octanol–water partition coefficient (Wildman–Crippen LogP) is 2.45. The first-order valence-corrected chi connectivity index (χ1v) is 4.58. The lowest BCUT2D eigenvalue weighted by Gasteiger charge is -1.99. The van der Waals surface area contributed by atoms with Gasteiger partial charge in [-0.2, -0.15) is 5.10 Å². The van der Waals surface area contributed by atoms with Gasteiger partial charge in [0.15, 0.2) is 5.78 Å². The summed E-state index contributed by atoms with van der Waals surface area (Å²) in [5.41, 5.74) is 2.23. The second-order valence-corrected chi connectivity index (χ2v) is 3.09. The van der Waals surface area contributed by atoms with E-state index in [9.17, 15) is 4.79 Å². The van der Waals surface area contributed by atoms with Gasteiger partial charge in [-0.25, -0.2) is 0 Å². The Morgan fingerprint density at radius 1 is 1.33 bits per heavy atom. The molecule has 0 unspecified atom stereocenters. The number of benzene rings is 1. The fourth-order valence-corrected chi connectivity index (χ4v) is 1.41. The molecular weight excluding hydrogens is 188 g/mol. The molecule has 3 heteroatoms. The molecule has 1 N–H and O–H groups in total. The molecule has 74 valence electrons. The van der Waals surface area contributed by atoms with Crippen LogP contribution in [0.5, 0.6) is 0 Å². The molecule has 1 aromatic heterocycles. The van der Waals surface area contributed by atoms with Crippen LogP contribution in [0.15, 0.2) is 49.2 Å². The third-order valence-corrected chi connectivity index (χ3v) is 2.15. The zero-order valence-electron chi connectivity index (χ0n) is 8.10. The van der Waals surface area contributed by atoms with Gasteiger partial charge >= 0.3 is 0 Å². The number of allylic oxidation sites excluding steroid dienone is 1. The summed E-state index contributed by atoms with van der Waals surface area (Å²) in [5.74, 6) is -0.123. The number of nitrogens with zero attached hydrogens (tertiary/aromatic N) is 1. The average Bonchev–Trinajstić information content (AvgIpc) is 2.78. The lowest BCUT2D eigenvalue weighted by atomic mass is 10.1. The largest absolute Gasteiger partial charge is 0.289 e. The van der Waals surface area contributed by atoms with Gasteiger partial charge in [-0.15, -0.1) is 0 Å². The standard InChI is InChI=1S/C12H10N2O/c1-2-11(15)10-8-13-14-12(10)9-6-4-3-5-7-9/h2-8H,1H2,(H,13,14).